The van der Waals surface area contributed by atoms with Crippen molar-refractivity contribution in [2.75, 3.05) is 20.3 Å². The number of carbonyl (C=O) groups excluding carboxylic acids is 2. The predicted molar refractivity (Wildman–Crippen MR) is 99.2 cm³/mol. The molecule has 0 saturated heterocycles. The van der Waals surface area contributed by atoms with Crippen LogP contribution in [0.3, 0.4) is 0 Å². The Bertz CT molecular complexity index is 896. The average molecular weight is 368 g/mol. The zero-order valence-electron chi connectivity index (χ0n) is 15.4. The second kappa shape index (κ2) is 8.05. The van der Waals surface area contributed by atoms with E-state index in [1.807, 2.05) is 31.2 Å². The Labute approximate surface area is 157 Å². The lowest BCUT2D eigenvalue weighted by Gasteiger charge is -2.09. The van der Waals surface area contributed by atoms with E-state index in [0.29, 0.717) is 29.2 Å². The third-order valence-corrected chi connectivity index (χ3v) is 4.01. The zero-order chi connectivity index (χ0) is 19.4. The van der Waals surface area contributed by atoms with Gasteiger partial charge >= 0.3 is 5.97 Å². The molecule has 1 heterocycles. The van der Waals surface area contributed by atoms with E-state index in [-0.39, 0.29) is 18.1 Å². The first-order valence-electron chi connectivity index (χ1n) is 8.53. The summed E-state index contributed by atoms with van der Waals surface area (Å²) >= 11 is 0. The van der Waals surface area contributed by atoms with Crippen LogP contribution in [-0.2, 0) is 9.53 Å². The molecular formula is C21H20O6. The van der Waals surface area contributed by atoms with Gasteiger partial charge in [-0.15, -0.1) is 0 Å². The Kier molecular flexibility index (Phi) is 5.57. The Morgan fingerprint density at radius 2 is 1.89 bits per heavy atom. The number of hydrogen-bond acceptors (Lipinski definition) is 6. The minimum Gasteiger partial charge on any atom is -0.494 e. The highest BCUT2D eigenvalue weighted by Gasteiger charge is 2.30. The number of ketones is 1. The summed E-state index contributed by atoms with van der Waals surface area (Å²) in [6.07, 6.45) is 1.67. The predicted octanol–water partition coefficient (Wildman–Crippen LogP) is 3.56. The van der Waals surface area contributed by atoms with Gasteiger partial charge in [0.2, 0.25) is 5.78 Å². The molecule has 27 heavy (non-hydrogen) atoms. The van der Waals surface area contributed by atoms with E-state index >= 15 is 0 Å². The first-order chi connectivity index (χ1) is 13.0. The van der Waals surface area contributed by atoms with Crippen LogP contribution in [0.4, 0.5) is 0 Å². The highest BCUT2D eigenvalue weighted by molar-refractivity contribution is 6.15. The molecular weight excluding hydrogens is 348 g/mol. The summed E-state index contributed by atoms with van der Waals surface area (Å²) in [6.45, 7) is 4.09. The number of Topliss-reactive ketones (excluding diaryl/α,β-unsaturated/α-hetero) is 1. The summed E-state index contributed by atoms with van der Waals surface area (Å²) in [6, 6.07) is 10.6. The van der Waals surface area contributed by atoms with E-state index in [1.54, 1.807) is 25.1 Å². The summed E-state index contributed by atoms with van der Waals surface area (Å²) in [5.41, 5.74) is 1.84. The molecule has 3 rings (SSSR count). The number of fused-ring (bicyclic) bond motifs is 1. The maximum Gasteiger partial charge on any atom is 0.337 e. The van der Waals surface area contributed by atoms with Gasteiger partial charge in [0.15, 0.2) is 5.76 Å². The number of ether oxygens (including phenoxy) is 4. The van der Waals surface area contributed by atoms with Crippen LogP contribution in [0.2, 0.25) is 0 Å². The molecule has 0 fully saturated rings. The second-order valence-corrected chi connectivity index (χ2v) is 5.91. The second-order valence-electron chi connectivity index (χ2n) is 5.91. The van der Waals surface area contributed by atoms with E-state index in [2.05, 4.69) is 0 Å². The molecule has 0 bridgehead atoms. The van der Waals surface area contributed by atoms with Gasteiger partial charge in [-0.05, 0) is 49.8 Å². The Hall–Kier alpha value is -3.12. The van der Waals surface area contributed by atoms with Crippen molar-refractivity contribution >= 4 is 17.8 Å². The monoisotopic (exact) mass is 368 g/mol. The SMILES string of the molecule is CCOc1ccc(/C=C2\Oc3c(ccc(OC(=O)COC)c3C)C2=O)cc1. The van der Waals surface area contributed by atoms with Gasteiger partial charge in [0.1, 0.15) is 23.9 Å². The quantitative estimate of drug-likeness (QED) is 0.441. The molecule has 2 aromatic rings. The van der Waals surface area contributed by atoms with Gasteiger partial charge in [-0.25, -0.2) is 4.79 Å². The molecule has 0 unspecified atom stereocenters. The summed E-state index contributed by atoms with van der Waals surface area (Å²) in [5.74, 6) is 0.996. The molecule has 0 aliphatic carbocycles. The first-order valence-corrected chi connectivity index (χ1v) is 8.53. The summed E-state index contributed by atoms with van der Waals surface area (Å²) in [5, 5.41) is 0. The normalized spacial score (nSPS) is 14.0. The molecule has 140 valence electrons. The Morgan fingerprint density at radius 1 is 1.15 bits per heavy atom. The van der Waals surface area contributed by atoms with Crippen LogP contribution in [0.15, 0.2) is 42.2 Å². The van der Waals surface area contributed by atoms with Crippen molar-refractivity contribution in [3.05, 3.63) is 58.8 Å². The molecule has 6 nitrogen and oxygen atoms in total. The fraction of sp³-hybridized carbons (Fsp3) is 0.238. The fourth-order valence-electron chi connectivity index (χ4n) is 2.73. The summed E-state index contributed by atoms with van der Waals surface area (Å²) in [7, 11) is 1.41. The van der Waals surface area contributed by atoms with Crippen LogP contribution in [0.5, 0.6) is 17.2 Å². The van der Waals surface area contributed by atoms with Crippen LogP contribution in [0.1, 0.15) is 28.4 Å². The lowest BCUT2D eigenvalue weighted by Crippen LogP contribution is -2.14. The lowest BCUT2D eigenvalue weighted by molar-refractivity contribution is -0.138. The number of allylic oxidation sites excluding steroid dienone is 1. The van der Waals surface area contributed by atoms with Gasteiger partial charge in [0, 0.05) is 12.7 Å². The largest absolute Gasteiger partial charge is 0.494 e. The van der Waals surface area contributed by atoms with E-state index in [4.69, 9.17) is 18.9 Å². The summed E-state index contributed by atoms with van der Waals surface area (Å²) < 4.78 is 21.2. The van der Waals surface area contributed by atoms with Crippen molar-refractivity contribution in [2.24, 2.45) is 0 Å². The molecule has 0 atom stereocenters. The average Bonchev–Trinajstić information content (AvgIpc) is 2.96. The molecule has 0 aromatic heterocycles. The minimum absolute atomic E-state index is 0.154. The van der Waals surface area contributed by atoms with Crippen molar-refractivity contribution in [3.63, 3.8) is 0 Å². The number of hydrogen-bond donors (Lipinski definition) is 0. The molecule has 1 aliphatic rings. The minimum atomic E-state index is -0.518. The molecule has 2 aromatic carbocycles. The van der Waals surface area contributed by atoms with E-state index < -0.39 is 5.97 Å². The number of carbonyl (C=O) groups is 2. The third kappa shape index (κ3) is 4.01. The fourth-order valence-corrected chi connectivity index (χ4v) is 2.73. The van der Waals surface area contributed by atoms with Gasteiger partial charge in [-0.1, -0.05) is 12.1 Å². The summed E-state index contributed by atoms with van der Waals surface area (Å²) in [4.78, 5) is 24.2. The molecule has 0 amide bonds. The van der Waals surface area contributed by atoms with E-state index in [9.17, 15) is 9.59 Å². The number of methoxy groups -OCH3 is 1. The van der Waals surface area contributed by atoms with Gasteiger partial charge < -0.3 is 18.9 Å². The van der Waals surface area contributed by atoms with Gasteiger partial charge in [-0.2, -0.15) is 0 Å². The number of benzene rings is 2. The Balaban J connectivity index is 1.84. The molecule has 0 radical (unpaired) electrons. The van der Waals surface area contributed by atoms with E-state index in [1.165, 1.54) is 7.11 Å². The Morgan fingerprint density at radius 3 is 2.56 bits per heavy atom. The van der Waals surface area contributed by atoms with Crippen LogP contribution in [0.25, 0.3) is 6.08 Å². The van der Waals surface area contributed by atoms with Crippen molar-refractivity contribution in [3.8, 4) is 17.2 Å². The molecule has 0 saturated carbocycles. The van der Waals surface area contributed by atoms with Gasteiger partial charge in [-0.3, -0.25) is 4.79 Å². The van der Waals surface area contributed by atoms with Crippen molar-refractivity contribution in [2.45, 2.75) is 13.8 Å². The molecule has 6 heteroatoms. The number of esters is 1. The van der Waals surface area contributed by atoms with Crippen LogP contribution in [-0.4, -0.2) is 32.1 Å². The van der Waals surface area contributed by atoms with Crippen LogP contribution >= 0.6 is 0 Å². The van der Waals surface area contributed by atoms with Crippen molar-refractivity contribution in [1.82, 2.24) is 0 Å². The first kappa shape index (κ1) is 18.7. The van der Waals surface area contributed by atoms with Crippen molar-refractivity contribution < 1.29 is 28.5 Å². The third-order valence-electron chi connectivity index (χ3n) is 4.01. The van der Waals surface area contributed by atoms with Crippen LogP contribution < -0.4 is 14.2 Å². The van der Waals surface area contributed by atoms with Gasteiger partial charge in [0.25, 0.3) is 0 Å². The highest BCUT2D eigenvalue weighted by atomic mass is 16.6. The molecule has 0 spiro atoms. The number of rotatable bonds is 6. The van der Waals surface area contributed by atoms with Crippen molar-refractivity contribution in [1.29, 1.82) is 0 Å². The zero-order valence-corrected chi connectivity index (χ0v) is 15.4. The lowest BCUT2D eigenvalue weighted by atomic mass is 10.1. The smallest absolute Gasteiger partial charge is 0.337 e. The maximum atomic E-state index is 12.6. The maximum absolute atomic E-state index is 12.6. The molecule has 1 aliphatic heterocycles. The van der Waals surface area contributed by atoms with E-state index in [0.717, 1.165) is 11.3 Å². The van der Waals surface area contributed by atoms with Crippen LogP contribution in [0, 0.1) is 6.92 Å². The highest BCUT2D eigenvalue weighted by Crippen LogP contribution is 2.39. The standard InChI is InChI=1S/C21H20O6/c1-4-25-15-7-5-14(6-8-15)11-18-20(23)16-9-10-17(13(2)21(16)27-18)26-19(22)12-24-3/h5-11H,4,12H2,1-3H3/b18-11-. The molecule has 0 N–H and O–H groups in total. The van der Waals surface area contributed by atoms with Gasteiger partial charge in [0.05, 0.1) is 12.2 Å². The topological polar surface area (TPSA) is 71.1 Å².